The number of benzene rings is 1. The molecule has 25 heavy (non-hydrogen) atoms. The second kappa shape index (κ2) is 8.28. The number of hydrogen-bond acceptors (Lipinski definition) is 5. The zero-order valence-corrected chi connectivity index (χ0v) is 15.6. The van der Waals surface area contributed by atoms with Crippen molar-refractivity contribution in [1.29, 1.82) is 0 Å². The Hall–Kier alpha value is -2.17. The molecule has 3 N–H and O–H groups in total. The van der Waals surface area contributed by atoms with Gasteiger partial charge in [0.15, 0.2) is 10.4 Å². The van der Waals surface area contributed by atoms with Crippen LogP contribution in [-0.2, 0) is 14.8 Å². The average molecular weight is 430 g/mol. The van der Waals surface area contributed by atoms with Crippen LogP contribution in [0.2, 0.25) is 0 Å². The van der Waals surface area contributed by atoms with Gasteiger partial charge in [-0.15, -0.1) is 0 Å². The molecule has 0 aliphatic heterocycles. The predicted octanol–water partition coefficient (Wildman–Crippen LogP) is 1.71. The zero-order valence-electron chi connectivity index (χ0n) is 13.2. The summed E-state index contributed by atoms with van der Waals surface area (Å²) in [6, 6.07) is 8.83. The molecule has 1 aromatic carbocycles. The first-order valence-corrected chi connectivity index (χ1v) is 9.46. The molecule has 0 unspecified atom stereocenters. The Morgan fingerprint density at radius 1 is 1.08 bits per heavy atom. The Balaban J connectivity index is 1.84. The van der Waals surface area contributed by atoms with Gasteiger partial charge in [-0.2, -0.15) is 0 Å². The molecule has 2 aromatic rings. The van der Waals surface area contributed by atoms with E-state index < -0.39 is 15.9 Å². The van der Waals surface area contributed by atoms with Gasteiger partial charge in [-0.1, -0.05) is 0 Å². The van der Waals surface area contributed by atoms with Crippen LogP contribution in [0, 0.1) is 0 Å². The number of carbonyl (C=O) groups excluding carboxylic acids is 2. The molecule has 8 nitrogen and oxygen atoms in total. The third kappa shape index (κ3) is 5.69. The summed E-state index contributed by atoms with van der Waals surface area (Å²) in [5, 5.41) is 5.09. The van der Waals surface area contributed by atoms with E-state index in [9.17, 15) is 18.0 Å². The third-order valence-electron chi connectivity index (χ3n) is 2.98. The second-order valence-electron chi connectivity index (χ2n) is 4.96. The SMILES string of the molecule is CC(=O)Nc1ccc(S(=O)(=O)NCCNC(=O)c2ccc(Br)o2)cc1. The molecule has 10 heteroatoms. The third-order valence-corrected chi connectivity index (χ3v) is 4.89. The first kappa shape index (κ1) is 19.2. The Labute approximate surface area is 153 Å². The fourth-order valence-electron chi connectivity index (χ4n) is 1.89. The molecule has 0 radical (unpaired) electrons. The summed E-state index contributed by atoms with van der Waals surface area (Å²) in [4.78, 5) is 22.7. The first-order valence-electron chi connectivity index (χ1n) is 7.19. The number of furan rings is 1. The van der Waals surface area contributed by atoms with Gasteiger partial charge >= 0.3 is 0 Å². The predicted molar refractivity (Wildman–Crippen MR) is 94.7 cm³/mol. The highest BCUT2D eigenvalue weighted by Gasteiger charge is 2.14. The van der Waals surface area contributed by atoms with Gasteiger partial charge in [-0.3, -0.25) is 9.59 Å². The highest BCUT2D eigenvalue weighted by Crippen LogP contribution is 2.14. The average Bonchev–Trinajstić information content (AvgIpc) is 2.98. The van der Waals surface area contributed by atoms with Crippen LogP contribution >= 0.6 is 15.9 Å². The van der Waals surface area contributed by atoms with Crippen LogP contribution < -0.4 is 15.4 Å². The molecule has 0 saturated carbocycles. The van der Waals surface area contributed by atoms with E-state index in [1.807, 2.05) is 0 Å². The first-order chi connectivity index (χ1) is 11.8. The molecule has 2 rings (SSSR count). The van der Waals surface area contributed by atoms with Crippen molar-refractivity contribution in [2.45, 2.75) is 11.8 Å². The van der Waals surface area contributed by atoms with Gasteiger partial charge in [0, 0.05) is 25.7 Å². The molecule has 0 aliphatic rings. The summed E-state index contributed by atoms with van der Waals surface area (Å²) in [6.07, 6.45) is 0. The van der Waals surface area contributed by atoms with E-state index >= 15 is 0 Å². The van der Waals surface area contributed by atoms with E-state index in [-0.39, 0.29) is 29.7 Å². The molecule has 0 saturated heterocycles. The molecule has 0 bridgehead atoms. The van der Waals surface area contributed by atoms with Crippen LogP contribution in [-0.4, -0.2) is 33.3 Å². The molecular formula is C15H16BrN3O5S. The minimum atomic E-state index is -3.71. The maximum absolute atomic E-state index is 12.1. The van der Waals surface area contributed by atoms with E-state index in [1.165, 1.54) is 37.3 Å². The van der Waals surface area contributed by atoms with Crippen molar-refractivity contribution in [2.24, 2.45) is 0 Å². The van der Waals surface area contributed by atoms with Crippen LogP contribution in [0.15, 0.2) is 50.4 Å². The van der Waals surface area contributed by atoms with Crippen molar-refractivity contribution in [3.63, 3.8) is 0 Å². The van der Waals surface area contributed by atoms with Gasteiger partial charge in [-0.05, 0) is 52.3 Å². The van der Waals surface area contributed by atoms with E-state index in [0.717, 1.165) is 0 Å². The smallest absolute Gasteiger partial charge is 0.287 e. The minimum Gasteiger partial charge on any atom is -0.444 e. The molecule has 0 fully saturated rings. The maximum Gasteiger partial charge on any atom is 0.287 e. The molecule has 1 aromatic heterocycles. The van der Waals surface area contributed by atoms with E-state index in [0.29, 0.717) is 10.4 Å². The molecule has 0 atom stereocenters. The number of carbonyl (C=O) groups is 2. The molecule has 1 heterocycles. The largest absolute Gasteiger partial charge is 0.444 e. The fraction of sp³-hybridized carbons (Fsp3) is 0.200. The highest BCUT2D eigenvalue weighted by molar-refractivity contribution is 9.10. The van der Waals surface area contributed by atoms with Gasteiger partial charge < -0.3 is 15.1 Å². The van der Waals surface area contributed by atoms with Crippen molar-refractivity contribution in [3.05, 3.63) is 46.8 Å². The Bertz CT molecular complexity index is 862. The van der Waals surface area contributed by atoms with Gasteiger partial charge in [0.25, 0.3) is 5.91 Å². The number of nitrogens with one attached hydrogen (secondary N) is 3. The Morgan fingerprint density at radius 3 is 2.32 bits per heavy atom. The van der Waals surface area contributed by atoms with Crippen molar-refractivity contribution in [1.82, 2.24) is 10.0 Å². The number of anilines is 1. The lowest BCUT2D eigenvalue weighted by molar-refractivity contribution is -0.114. The van der Waals surface area contributed by atoms with Crippen LogP contribution in [0.25, 0.3) is 0 Å². The van der Waals surface area contributed by atoms with E-state index in [1.54, 1.807) is 6.07 Å². The summed E-state index contributed by atoms with van der Waals surface area (Å²) in [6.45, 7) is 1.48. The van der Waals surface area contributed by atoms with Gasteiger partial charge in [-0.25, -0.2) is 13.1 Å². The lowest BCUT2D eigenvalue weighted by Gasteiger charge is -2.08. The standard InChI is InChI=1S/C15H16BrN3O5S/c1-10(20)19-11-2-4-12(5-3-11)25(22,23)18-9-8-17-15(21)13-6-7-14(16)24-13/h2-7,18H,8-9H2,1H3,(H,17,21)(H,19,20). The van der Waals surface area contributed by atoms with Gasteiger partial charge in [0.2, 0.25) is 15.9 Å². The molecule has 0 aliphatic carbocycles. The molecule has 134 valence electrons. The lowest BCUT2D eigenvalue weighted by atomic mass is 10.3. The van der Waals surface area contributed by atoms with Crippen LogP contribution in [0.4, 0.5) is 5.69 Å². The molecule has 2 amide bonds. The van der Waals surface area contributed by atoms with Gasteiger partial charge in [0.05, 0.1) is 4.90 Å². The normalized spacial score (nSPS) is 11.1. The van der Waals surface area contributed by atoms with Crippen molar-refractivity contribution < 1.29 is 22.4 Å². The lowest BCUT2D eigenvalue weighted by Crippen LogP contribution is -2.34. The number of hydrogen-bond donors (Lipinski definition) is 3. The van der Waals surface area contributed by atoms with Crippen molar-refractivity contribution >= 4 is 43.5 Å². The van der Waals surface area contributed by atoms with E-state index in [2.05, 4.69) is 31.3 Å². The quantitative estimate of drug-likeness (QED) is 0.579. The number of rotatable bonds is 7. The van der Waals surface area contributed by atoms with Crippen LogP contribution in [0.1, 0.15) is 17.5 Å². The second-order valence-corrected chi connectivity index (χ2v) is 7.51. The summed E-state index contributed by atoms with van der Waals surface area (Å²) >= 11 is 3.09. The van der Waals surface area contributed by atoms with Crippen molar-refractivity contribution in [3.8, 4) is 0 Å². The number of sulfonamides is 1. The Kier molecular flexibility index (Phi) is 6.34. The summed E-state index contributed by atoms with van der Waals surface area (Å²) < 4.78 is 32.2. The van der Waals surface area contributed by atoms with Crippen LogP contribution in [0.3, 0.4) is 0 Å². The number of halogens is 1. The summed E-state index contributed by atoms with van der Waals surface area (Å²) in [5.74, 6) is -0.555. The highest BCUT2D eigenvalue weighted by atomic mass is 79.9. The van der Waals surface area contributed by atoms with Crippen molar-refractivity contribution in [2.75, 3.05) is 18.4 Å². The fourth-order valence-corrected chi connectivity index (χ4v) is 3.23. The summed E-state index contributed by atoms with van der Waals surface area (Å²) in [7, 11) is -3.71. The Morgan fingerprint density at radius 2 is 1.76 bits per heavy atom. The monoisotopic (exact) mass is 429 g/mol. The van der Waals surface area contributed by atoms with Crippen LogP contribution in [0.5, 0.6) is 0 Å². The number of amides is 2. The zero-order chi connectivity index (χ0) is 18.4. The van der Waals surface area contributed by atoms with Gasteiger partial charge in [0.1, 0.15) is 0 Å². The maximum atomic E-state index is 12.1. The van der Waals surface area contributed by atoms with E-state index in [4.69, 9.17) is 4.42 Å². The molecular weight excluding hydrogens is 414 g/mol. The minimum absolute atomic E-state index is 0.0173. The molecule has 0 spiro atoms. The topological polar surface area (TPSA) is 118 Å². The summed E-state index contributed by atoms with van der Waals surface area (Å²) in [5.41, 5.74) is 0.503.